The number of nitrogens with one attached hydrogen (secondary N) is 1. The topological polar surface area (TPSA) is 50.7 Å². The minimum atomic E-state index is -0.716. The van der Waals surface area contributed by atoms with Gasteiger partial charge in [-0.3, -0.25) is 0 Å². The normalized spacial score (nSPS) is 26.4. The van der Waals surface area contributed by atoms with Crippen molar-refractivity contribution >= 4 is 0 Å². The van der Waals surface area contributed by atoms with Gasteiger partial charge in [-0.05, 0) is 5.56 Å². The van der Waals surface area contributed by atoms with Gasteiger partial charge in [0.15, 0.2) is 6.29 Å². The van der Waals surface area contributed by atoms with E-state index in [1.807, 2.05) is 60.7 Å². The minimum Gasteiger partial charge on any atom is -0.346 e. The van der Waals surface area contributed by atoms with Crippen molar-refractivity contribution < 1.29 is 14.7 Å². The lowest BCUT2D eigenvalue weighted by atomic mass is 9.91. The zero-order chi connectivity index (χ0) is 13.8. The van der Waals surface area contributed by atoms with Gasteiger partial charge in [-0.25, -0.2) is 0 Å². The van der Waals surface area contributed by atoms with Crippen molar-refractivity contribution in [3.8, 4) is 0 Å². The average molecular weight is 271 g/mol. The number of hydroxylamine groups is 1. The lowest BCUT2D eigenvalue weighted by Crippen LogP contribution is -2.52. The molecule has 0 spiro atoms. The van der Waals surface area contributed by atoms with E-state index < -0.39 is 5.54 Å². The Kier molecular flexibility index (Phi) is 3.80. The Morgan fingerprint density at radius 2 is 1.45 bits per heavy atom. The third-order valence-corrected chi connectivity index (χ3v) is 3.57. The summed E-state index contributed by atoms with van der Waals surface area (Å²) >= 11 is 0. The predicted molar refractivity (Wildman–Crippen MR) is 74.1 cm³/mol. The molecule has 0 amide bonds. The molecular formula is C16H17NO3. The minimum absolute atomic E-state index is 0.340. The summed E-state index contributed by atoms with van der Waals surface area (Å²) in [5.41, 5.74) is 3.56. The maximum absolute atomic E-state index is 9.54. The Labute approximate surface area is 117 Å². The van der Waals surface area contributed by atoms with E-state index in [9.17, 15) is 5.21 Å². The van der Waals surface area contributed by atoms with E-state index in [-0.39, 0.29) is 6.29 Å². The molecule has 0 radical (unpaired) electrons. The number of hydrogen-bond donors (Lipinski definition) is 2. The first kappa shape index (κ1) is 13.3. The highest BCUT2D eigenvalue weighted by Gasteiger charge is 2.38. The van der Waals surface area contributed by atoms with Gasteiger partial charge in [-0.2, -0.15) is 5.48 Å². The first-order chi connectivity index (χ1) is 9.84. The molecular weight excluding hydrogens is 254 g/mol. The summed E-state index contributed by atoms with van der Waals surface area (Å²) in [6, 6.07) is 19.5. The molecule has 2 N–H and O–H groups in total. The van der Waals surface area contributed by atoms with Crippen LogP contribution in [-0.4, -0.2) is 18.4 Å². The largest absolute Gasteiger partial charge is 0.346 e. The van der Waals surface area contributed by atoms with Crippen LogP contribution in [0.25, 0.3) is 0 Å². The summed E-state index contributed by atoms with van der Waals surface area (Å²) < 4.78 is 11.6. The maximum Gasteiger partial charge on any atom is 0.184 e. The monoisotopic (exact) mass is 271 g/mol. The van der Waals surface area contributed by atoms with Gasteiger partial charge in [0.05, 0.1) is 13.2 Å². The van der Waals surface area contributed by atoms with Gasteiger partial charge in [0, 0.05) is 5.56 Å². The summed E-state index contributed by atoms with van der Waals surface area (Å²) in [6.07, 6.45) is -0.388. The van der Waals surface area contributed by atoms with Crippen LogP contribution in [0.4, 0.5) is 0 Å². The standard InChI is InChI=1S/C16H17NO3/c18-17-16(14-9-5-2-6-10-14)11-19-15(20-12-16)13-7-3-1-4-8-13/h1-10,15,17-18H,11-12H2. The van der Waals surface area contributed by atoms with Crippen molar-refractivity contribution in [2.24, 2.45) is 0 Å². The Bertz CT molecular complexity index is 536. The first-order valence-electron chi connectivity index (χ1n) is 6.59. The number of rotatable bonds is 3. The predicted octanol–water partition coefficient (Wildman–Crippen LogP) is 2.61. The fourth-order valence-electron chi connectivity index (χ4n) is 2.38. The second-order valence-corrected chi connectivity index (χ2v) is 4.92. The van der Waals surface area contributed by atoms with Crippen LogP contribution in [0.3, 0.4) is 0 Å². The summed E-state index contributed by atoms with van der Waals surface area (Å²) in [5.74, 6) is 0. The molecule has 1 aliphatic heterocycles. The van der Waals surface area contributed by atoms with Gasteiger partial charge in [0.1, 0.15) is 5.54 Å². The van der Waals surface area contributed by atoms with Crippen LogP contribution >= 0.6 is 0 Å². The van der Waals surface area contributed by atoms with Crippen LogP contribution in [0.5, 0.6) is 0 Å². The Balaban J connectivity index is 1.77. The fourth-order valence-corrected chi connectivity index (χ4v) is 2.38. The van der Waals surface area contributed by atoms with Gasteiger partial charge >= 0.3 is 0 Å². The SMILES string of the molecule is ONC1(c2ccccc2)COC(c2ccccc2)OC1. The van der Waals surface area contributed by atoms with Crippen LogP contribution in [0, 0.1) is 0 Å². The molecule has 1 aliphatic rings. The first-order valence-corrected chi connectivity index (χ1v) is 6.59. The molecule has 0 atom stereocenters. The number of ether oxygens (including phenoxy) is 2. The number of benzene rings is 2. The zero-order valence-corrected chi connectivity index (χ0v) is 11.0. The lowest BCUT2D eigenvalue weighted by Gasteiger charge is -2.39. The molecule has 0 aliphatic carbocycles. The molecule has 0 aromatic heterocycles. The number of hydrogen-bond acceptors (Lipinski definition) is 4. The van der Waals surface area contributed by atoms with E-state index in [2.05, 4.69) is 5.48 Å². The highest BCUT2D eigenvalue weighted by molar-refractivity contribution is 5.25. The molecule has 104 valence electrons. The van der Waals surface area contributed by atoms with Gasteiger partial charge in [0.2, 0.25) is 0 Å². The van der Waals surface area contributed by atoms with E-state index in [0.29, 0.717) is 13.2 Å². The van der Waals surface area contributed by atoms with E-state index in [1.165, 1.54) is 0 Å². The van der Waals surface area contributed by atoms with Gasteiger partial charge in [-0.15, -0.1) is 0 Å². The van der Waals surface area contributed by atoms with Crippen molar-refractivity contribution in [3.63, 3.8) is 0 Å². The highest BCUT2D eigenvalue weighted by atomic mass is 16.7. The summed E-state index contributed by atoms with van der Waals surface area (Å²) in [4.78, 5) is 0. The molecule has 4 nitrogen and oxygen atoms in total. The average Bonchev–Trinajstić information content (AvgIpc) is 2.56. The second kappa shape index (κ2) is 5.73. The lowest BCUT2D eigenvalue weighted by molar-refractivity contribution is -0.235. The van der Waals surface area contributed by atoms with E-state index in [0.717, 1.165) is 11.1 Å². The van der Waals surface area contributed by atoms with Crippen LogP contribution in [0.2, 0.25) is 0 Å². The molecule has 1 saturated heterocycles. The fraction of sp³-hybridized carbons (Fsp3) is 0.250. The van der Waals surface area contributed by atoms with E-state index in [1.54, 1.807) is 0 Å². The van der Waals surface area contributed by atoms with Crippen molar-refractivity contribution in [1.82, 2.24) is 5.48 Å². The smallest absolute Gasteiger partial charge is 0.184 e. The third-order valence-electron chi connectivity index (χ3n) is 3.57. The van der Waals surface area contributed by atoms with Gasteiger partial charge in [-0.1, -0.05) is 60.7 Å². The van der Waals surface area contributed by atoms with E-state index >= 15 is 0 Å². The summed E-state index contributed by atoms with van der Waals surface area (Å²) in [7, 11) is 0. The van der Waals surface area contributed by atoms with Crippen molar-refractivity contribution in [2.45, 2.75) is 11.8 Å². The highest BCUT2D eigenvalue weighted by Crippen LogP contribution is 2.32. The second-order valence-electron chi connectivity index (χ2n) is 4.92. The van der Waals surface area contributed by atoms with Crippen molar-refractivity contribution in [1.29, 1.82) is 0 Å². The molecule has 0 bridgehead atoms. The molecule has 4 heteroatoms. The molecule has 3 rings (SSSR count). The van der Waals surface area contributed by atoms with Crippen molar-refractivity contribution in [3.05, 3.63) is 71.8 Å². The zero-order valence-electron chi connectivity index (χ0n) is 11.0. The van der Waals surface area contributed by atoms with Crippen molar-refractivity contribution in [2.75, 3.05) is 13.2 Å². The quantitative estimate of drug-likeness (QED) is 0.843. The van der Waals surface area contributed by atoms with Crippen LogP contribution < -0.4 is 5.48 Å². The van der Waals surface area contributed by atoms with Crippen LogP contribution in [-0.2, 0) is 15.0 Å². The van der Waals surface area contributed by atoms with Gasteiger partial charge in [0.25, 0.3) is 0 Å². The summed E-state index contributed by atoms with van der Waals surface area (Å²) in [5, 5.41) is 9.54. The molecule has 2 aromatic rings. The Hall–Kier alpha value is -1.72. The summed E-state index contributed by atoms with van der Waals surface area (Å²) in [6.45, 7) is 0.681. The maximum atomic E-state index is 9.54. The van der Waals surface area contributed by atoms with Crippen LogP contribution in [0.1, 0.15) is 17.4 Å². The van der Waals surface area contributed by atoms with Crippen LogP contribution in [0.15, 0.2) is 60.7 Å². The third kappa shape index (κ3) is 2.46. The molecule has 1 fully saturated rings. The Morgan fingerprint density at radius 3 is 2.00 bits per heavy atom. The molecule has 0 saturated carbocycles. The molecule has 1 heterocycles. The molecule has 20 heavy (non-hydrogen) atoms. The molecule has 0 unspecified atom stereocenters. The van der Waals surface area contributed by atoms with E-state index in [4.69, 9.17) is 9.47 Å². The molecule has 2 aromatic carbocycles. The Morgan fingerprint density at radius 1 is 0.900 bits per heavy atom. The van der Waals surface area contributed by atoms with Gasteiger partial charge < -0.3 is 14.7 Å².